The Bertz CT molecular complexity index is 232. The van der Waals surface area contributed by atoms with E-state index >= 15 is 0 Å². The van der Waals surface area contributed by atoms with Crippen molar-refractivity contribution in [1.82, 2.24) is 10.3 Å². The first-order valence-corrected chi connectivity index (χ1v) is 6.37. The van der Waals surface area contributed by atoms with E-state index in [0.717, 1.165) is 18.7 Å². The van der Waals surface area contributed by atoms with Crippen molar-refractivity contribution in [2.75, 3.05) is 18.6 Å². The molecule has 1 aromatic rings. The van der Waals surface area contributed by atoms with Crippen LogP contribution in [0.3, 0.4) is 0 Å². The molecule has 0 saturated carbocycles. The smallest absolute Gasteiger partial charge is 0.0270 e. The van der Waals surface area contributed by atoms with Crippen LogP contribution in [0, 0.1) is 0 Å². The van der Waals surface area contributed by atoms with Gasteiger partial charge in [0, 0.05) is 24.2 Å². The predicted molar refractivity (Wildman–Crippen MR) is 63.8 cm³/mol. The lowest BCUT2D eigenvalue weighted by Gasteiger charge is -2.16. The Hall–Kier alpha value is -0.540. The normalized spacial score (nSPS) is 12.7. The second kappa shape index (κ2) is 6.85. The van der Waals surface area contributed by atoms with Gasteiger partial charge in [-0.05, 0) is 36.9 Å². The summed E-state index contributed by atoms with van der Waals surface area (Å²) in [4.78, 5) is 4.02. The standard InChI is InChI=1S/C11H18N2S/c1-3-13-11(9-14-2)8-10-4-6-12-7-5-10/h4-7,11,13H,3,8-9H2,1-2H3. The number of hydrogen-bond acceptors (Lipinski definition) is 3. The van der Waals surface area contributed by atoms with Crippen LogP contribution in [-0.2, 0) is 6.42 Å². The summed E-state index contributed by atoms with van der Waals surface area (Å²) in [5.41, 5.74) is 1.36. The summed E-state index contributed by atoms with van der Waals surface area (Å²) < 4.78 is 0. The van der Waals surface area contributed by atoms with Gasteiger partial charge in [0.2, 0.25) is 0 Å². The molecule has 3 heteroatoms. The molecule has 0 aliphatic rings. The molecule has 1 aromatic heterocycles. The van der Waals surface area contributed by atoms with E-state index in [-0.39, 0.29) is 0 Å². The SMILES string of the molecule is CCNC(CSC)Cc1ccncc1. The summed E-state index contributed by atoms with van der Waals surface area (Å²) in [6.07, 6.45) is 6.96. The van der Waals surface area contributed by atoms with Crippen molar-refractivity contribution < 1.29 is 0 Å². The van der Waals surface area contributed by atoms with Crippen LogP contribution in [0.5, 0.6) is 0 Å². The van der Waals surface area contributed by atoms with Crippen molar-refractivity contribution in [3.63, 3.8) is 0 Å². The van der Waals surface area contributed by atoms with Crippen LogP contribution in [0.4, 0.5) is 0 Å². The third kappa shape index (κ3) is 4.11. The zero-order chi connectivity index (χ0) is 10.2. The fraction of sp³-hybridized carbons (Fsp3) is 0.545. The molecule has 0 aliphatic carbocycles. The molecular weight excluding hydrogens is 192 g/mol. The molecule has 78 valence electrons. The maximum atomic E-state index is 4.02. The molecule has 0 aliphatic heterocycles. The molecule has 2 nitrogen and oxygen atoms in total. The molecule has 1 atom stereocenters. The Kier molecular flexibility index (Phi) is 5.64. The van der Waals surface area contributed by atoms with Crippen molar-refractivity contribution in [3.05, 3.63) is 30.1 Å². The van der Waals surface area contributed by atoms with Crippen LogP contribution in [0.1, 0.15) is 12.5 Å². The highest BCUT2D eigenvalue weighted by molar-refractivity contribution is 7.98. The zero-order valence-corrected chi connectivity index (χ0v) is 9.68. The van der Waals surface area contributed by atoms with E-state index in [2.05, 4.69) is 35.6 Å². The van der Waals surface area contributed by atoms with E-state index in [0.29, 0.717) is 6.04 Å². The third-order valence-electron chi connectivity index (χ3n) is 2.09. The number of pyridine rings is 1. The molecule has 0 fully saturated rings. The quantitative estimate of drug-likeness (QED) is 0.777. The largest absolute Gasteiger partial charge is 0.313 e. The highest BCUT2D eigenvalue weighted by Crippen LogP contribution is 2.05. The maximum Gasteiger partial charge on any atom is 0.0270 e. The highest BCUT2D eigenvalue weighted by Gasteiger charge is 2.06. The molecule has 0 bridgehead atoms. The second-order valence-corrected chi connectivity index (χ2v) is 4.18. The number of thioether (sulfide) groups is 1. The predicted octanol–water partition coefficient (Wildman–Crippen LogP) is 1.97. The van der Waals surface area contributed by atoms with Crippen molar-refractivity contribution in [3.8, 4) is 0 Å². The van der Waals surface area contributed by atoms with Crippen LogP contribution >= 0.6 is 11.8 Å². The lowest BCUT2D eigenvalue weighted by atomic mass is 10.1. The van der Waals surface area contributed by atoms with E-state index in [4.69, 9.17) is 0 Å². The summed E-state index contributed by atoms with van der Waals surface area (Å²) in [6, 6.07) is 4.76. The van der Waals surface area contributed by atoms with Gasteiger partial charge in [-0.1, -0.05) is 6.92 Å². The molecule has 0 radical (unpaired) electrons. The van der Waals surface area contributed by atoms with Gasteiger partial charge in [-0.25, -0.2) is 0 Å². The van der Waals surface area contributed by atoms with Crippen LogP contribution in [0.15, 0.2) is 24.5 Å². The number of nitrogens with zero attached hydrogens (tertiary/aromatic N) is 1. The van der Waals surface area contributed by atoms with Crippen LogP contribution in [-0.4, -0.2) is 29.6 Å². The maximum absolute atomic E-state index is 4.02. The molecule has 1 rings (SSSR count). The van der Waals surface area contributed by atoms with Gasteiger partial charge in [0.25, 0.3) is 0 Å². The van der Waals surface area contributed by atoms with Crippen molar-refractivity contribution in [2.24, 2.45) is 0 Å². The minimum absolute atomic E-state index is 0.581. The Labute approximate surface area is 90.5 Å². The van der Waals surface area contributed by atoms with Gasteiger partial charge in [-0.2, -0.15) is 11.8 Å². The van der Waals surface area contributed by atoms with E-state index in [1.165, 1.54) is 5.56 Å². The Morgan fingerprint density at radius 3 is 2.71 bits per heavy atom. The van der Waals surface area contributed by atoms with Gasteiger partial charge >= 0.3 is 0 Å². The van der Waals surface area contributed by atoms with Gasteiger partial charge in [-0.15, -0.1) is 0 Å². The molecule has 1 unspecified atom stereocenters. The van der Waals surface area contributed by atoms with E-state index in [1.54, 1.807) is 0 Å². The molecule has 1 N–H and O–H groups in total. The average Bonchev–Trinajstić information content (AvgIpc) is 2.20. The average molecular weight is 210 g/mol. The molecule has 0 saturated heterocycles. The van der Waals surface area contributed by atoms with Crippen LogP contribution in [0.25, 0.3) is 0 Å². The van der Waals surface area contributed by atoms with E-state index in [9.17, 15) is 0 Å². The summed E-state index contributed by atoms with van der Waals surface area (Å²) in [5, 5.41) is 3.49. The third-order valence-corrected chi connectivity index (χ3v) is 2.83. The first-order chi connectivity index (χ1) is 6.86. The molecule has 14 heavy (non-hydrogen) atoms. The lowest BCUT2D eigenvalue weighted by Crippen LogP contribution is -2.33. The van der Waals surface area contributed by atoms with Crippen LogP contribution in [0.2, 0.25) is 0 Å². The number of rotatable bonds is 6. The monoisotopic (exact) mass is 210 g/mol. The summed E-state index contributed by atoms with van der Waals surface area (Å²) in [7, 11) is 0. The first kappa shape index (κ1) is 11.5. The van der Waals surface area contributed by atoms with Gasteiger partial charge in [0.15, 0.2) is 0 Å². The van der Waals surface area contributed by atoms with Crippen molar-refractivity contribution >= 4 is 11.8 Å². The van der Waals surface area contributed by atoms with Crippen molar-refractivity contribution in [2.45, 2.75) is 19.4 Å². The summed E-state index contributed by atoms with van der Waals surface area (Å²) in [5.74, 6) is 1.16. The molecular formula is C11H18N2S. The summed E-state index contributed by atoms with van der Waals surface area (Å²) in [6.45, 7) is 3.19. The Balaban J connectivity index is 2.46. The fourth-order valence-corrected chi connectivity index (χ4v) is 2.12. The number of nitrogens with one attached hydrogen (secondary N) is 1. The zero-order valence-electron chi connectivity index (χ0n) is 8.86. The van der Waals surface area contributed by atoms with Gasteiger partial charge in [0.1, 0.15) is 0 Å². The lowest BCUT2D eigenvalue weighted by molar-refractivity contribution is 0.573. The highest BCUT2D eigenvalue weighted by atomic mass is 32.2. The minimum Gasteiger partial charge on any atom is -0.313 e. The molecule has 1 heterocycles. The van der Waals surface area contributed by atoms with Crippen LogP contribution < -0.4 is 5.32 Å². The number of hydrogen-bond donors (Lipinski definition) is 1. The summed E-state index contributed by atoms with van der Waals surface area (Å²) >= 11 is 1.89. The van der Waals surface area contributed by atoms with Crippen molar-refractivity contribution in [1.29, 1.82) is 0 Å². The molecule has 0 amide bonds. The van der Waals surface area contributed by atoms with Gasteiger partial charge in [-0.3, -0.25) is 4.98 Å². The minimum atomic E-state index is 0.581. The van der Waals surface area contributed by atoms with Gasteiger partial charge in [0.05, 0.1) is 0 Å². The van der Waals surface area contributed by atoms with E-state index in [1.807, 2.05) is 24.2 Å². The second-order valence-electron chi connectivity index (χ2n) is 3.27. The topological polar surface area (TPSA) is 24.9 Å². The number of likely N-dealkylation sites (N-methyl/N-ethyl adjacent to an activating group) is 1. The van der Waals surface area contributed by atoms with Gasteiger partial charge < -0.3 is 5.32 Å². The molecule has 0 aromatic carbocycles. The first-order valence-electron chi connectivity index (χ1n) is 4.98. The fourth-order valence-electron chi connectivity index (χ4n) is 1.48. The Morgan fingerprint density at radius 2 is 2.14 bits per heavy atom. The Morgan fingerprint density at radius 1 is 1.43 bits per heavy atom. The van der Waals surface area contributed by atoms with E-state index < -0.39 is 0 Å². The number of aromatic nitrogens is 1. The molecule has 0 spiro atoms.